The number of halogens is 1. The van der Waals surface area contributed by atoms with Gasteiger partial charge in [-0.05, 0) is 16.8 Å². The van der Waals surface area contributed by atoms with Gasteiger partial charge < -0.3 is 0 Å². The van der Waals surface area contributed by atoms with Crippen molar-refractivity contribution in [1.82, 2.24) is 0 Å². The van der Waals surface area contributed by atoms with E-state index in [1.807, 2.05) is 0 Å². The molecule has 0 amide bonds. The van der Waals surface area contributed by atoms with Crippen molar-refractivity contribution in [2.45, 2.75) is 26.7 Å². The molecule has 0 fully saturated rings. The van der Waals surface area contributed by atoms with Crippen molar-refractivity contribution in [2.75, 3.05) is 4.43 Å². The smallest absolute Gasteiger partial charge is 0.000219 e. The molecule has 0 unspecified atom stereocenters. The summed E-state index contributed by atoms with van der Waals surface area (Å²) in [5, 5.41) is 0. The van der Waals surface area contributed by atoms with E-state index in [-0.39, 0.29) is 0 Å². The summed E-state index contributed by atoms with van der Waals surface area (Å²) in [7, 11) is 0. The Kier molecular flexibility index (Phi) is 5.39. The number of hydrogen-bond acceptors (Lipinski definition) is 0. The highest BCUT2D eigenvalue weighted by atomic mass is 127. The number of hydrogen-bond donors (Lipinski definition) is 0. The molecule has 0 saturated heterocycles. The molecule has 1 heteroatoms. The first-order chi connectivity index (χ1) is 3.31. The third kappa shape index (κ3) is 4.59. The highest BCUT2D eigenvalue weighted by Gasteiger charge is 1.93. The third-order valence-corrected chi connectivity index (χ3v) is 1.92. The van der Waals surface area contributed by atoms with Crippen molar-refractivity contribution in [3.8, 4) is 0 Å². The molecule has 44 valence electrons. The molecular formula is C6H13I. The second-order valence-corrected chi connectivity index (χ2v) is 3.07. The molecule has 0 aliphatic rings. The topological polar surface area (TPSA) is 0 Å². The van der Waals surface area contributed by atoms with Gasteiger partial charge in [0.1, 0.15) is 0 Å². The van der Waals surface area contributed by atoms with Crippen LogP contribution in [-0.4, -0.2) is 4.43 Å². The van der Waals surface area contributed by atoms with Crippen LogP contribution in [0, 0.1) is 5.92 Å². The van der Waals surface area contributed by atoms with E-state index in [0.29, 0.717) is 0 Å². The Morgan fingerprint density at radius 1 is 1.57 bits per heavy atom. The van der Waals surface area contributed by atoms with Gasteiger partial charge in [0.25, 0.3) is 0 Å². The largest absolute Gasteiger partial charge is 0.0864 e. The molecule has 1 atom stereocenters. The Morgan fingerprint density at radius 2 is 2.14 bits per heavy atom. The van der Waals surface area contributed by atoms with Gasteiger partial charge in [-0.1, -0.05) is 42.9 Å². The van der Waals surface area contributed by atoms with E-state index in [4.69, 9.17) is 0 Å². The molecule has 0 aromatic heterocycles. The quantitative estimate of drug-likeness (QED) is 0.498. The van der Waals surface area contributed by atoms with Crippen LogP contribution in [0.3, 0.4) is 0 Å². The molecule has 0 N–H and O–H groups in total. The molecule has 0 aromatic carbocycles. The van der Waals surface area contributed by atoms with Gasteiger partial charge in [-0.25, -0.2) is 0 Å². The van der Waals surface area contributed by atoms with Gasteiger partial charge in [0, 0.05) is 0 Å². The Labute approximate surface area is 59.8 Å². The van der Waals surface area contributed by atoms with Crippen LogP contribution in [0.15, 0.2) is 0 Å². The molecule has 0 aliphatic heterocycles. The molecule has 0 rings (SSSR count). The molecule has 0 aliphatic carbocycles. The zero-order chi connectivity index (χ0) is 5.70. The standard InChI is InChI=1S/C6H13I/c1-3-6(2)4-5-7/h6H,3-5H2,1-2H3/t6-/m0/s1. The second kappa shape index (κ2) is 4.88. The first kappa shape index (κ1) is 7.73. The molecule has 0 heterocycles. The van der Waals surface area contributed by atoms with E-state index in [0.717, 1.165) is 5.92 Å². The van der Waals surface area contributed by atoms with Gasteiger partial charge in [0.05, 0.1) is 0 Å². The minimum atomic E-state index is 0.942. The maximum absolute atomic E-state index is 2.43. The lowest BCUT2D eigenvalue weighted by atomic mass is 10.1. The fourth-order valence-corrected chi connectivity index (χ4v) is 1.45. The molecule has 0 bridgehead atoms. The Bertz CT molecular complexity index is 35.2. The SMILES string of the molecule is CC[C@H](C)CCI. The van der Waals surface area contributed by atoms with Crippen LogP contribution in [-0.2, 0) is 0 Å². The monoisotopic (exact) mass is 212 g/mol. The fraction of sp³-hybridized carbons (Fsp3) is 1.00. The van der Waals surface area contributed by atoms with Gasteiger partial charge in [-0.15, -0.1) is 0 Å². The van der Waals surface area contributed by atoms with E-state index >= 15 is 0 Å². The summed E-state index contributed by atoms with van der Waals surface area (Å²) in [4.78, 5) is 0. The zero-order valence-electron chi connectivity index (χ0n) is 5.08. The van der Waals surface area contributed by atoms with Crippen molar-refractivity contribution in [1.29, 1.82) is 0 Å². The van der Waals surface area contributed by atoms with Crippen molar-refractivity contribution in [2.24, 2.45) is 5.92 Å². The van der Waals surface area contributed by atoms with Crippen molar-refractivity contribution < 1.29 is 0 Å². The first-order valence-corrected chi connectivity index (χ1v) is 4.39. The normalized spacial score (nSPS) is 14.1. The lowest BCUT2D eigenvalue weighted by Gasteiger charge is -2.01. The van der Waals surface area contributed by atoms with E-state index in [1.54, 1.807) is 0 Å². The van der Waals surface area contributed by atoms with Crippen LogP contribution in [0.25, 0.3) is 0 Å². The molecule has 0 aromatic rings. The lowest BCUT2D eigenvalue weighted by molar-refractivity contribution is 0.552. The summed E-state index contributed by atoms with van der Waals surface area (Å²) in [6.07, 6.45) is 2.72. The zero-order valence-corrected chi connectivity index (χ0v) is 7.23. The summed E-state index contributed by atoms with van der Waals surface area (Å²) in [5.41, 5.74) is 0. The van der Waals surface area contributed by atoms with Gasteiger partial charge >= 0.3 is 0 Å². The maximum atomic E-state index is 2.43. The van der Waals surface area contributed by atoms with Crippen LogP contribution < -0.4 is 0 Å². The van der Waals surface area contributed by atoms with E-state index < -0.39 is 0 Å². The van der Waals surface area contributed by atoms with Crippen molar-refractivity contribution in [3.05, 3.63) is 0 Å². The van der Waals surface area contributed by atoms with Crippen LogP contribution >= 0.6 is 22.6 Å². The lowest BCUT2D eigenvalue weighted by Crippen LogP contribution is -1.90. The molecule has 0 spiro atoms. The van der Waals surface area contributed by atoms with Gasteiger partial charge in [-0.3, -0.25) is 0 Å². The third-order valence-electron chi connectivity index (χ3n) is 1.30. The van der Waals surface area contributed by atoms with E-state index in [9.17, 15) is 0 Å². The van der Waals surface area contributed by atoms with Gasteiger partial charge in [0.2, 0.25) is 0 Å². The Morgan fingerprint density at radius 3 is 2.29 bits per heavy atom. The minimum absolute atomic E-state index is 0.942. The summed E-state index contributed by atoms with van der Waals surface area (Å²) in [6, 6.07) is 0. The first-order valence-electron chi connectivity index (χ1n) is 2.87. The summed E-state index contributed by atoms with van der Waals surface area (Å²) < 4.78 is 1.31. The van der Waals surface area contributed by atoms with E-state index in [2.05, 4.69) is 36.4 Å². The van der Waals surface area contributed by atoms with Crippen molar-refractivity contribution in [3.63, 3.8) is 0 Å². The second-order valence-electron chi connectivity index (χ2n) is 1.99. The highest BCUT2D eigenvalue weighted by molar-refractivity contribution is 14.1. The number of rotatable bonds is 3. The fourth-order valence-electron chi connectivity index (χ4n) is 0.390. The number of alkyl halides is 1. The molecule has 7 heavy (non-hydrogen) atoms. The Balaban J connectivity index is 2.83. The van der Waals surface area contributed by atoms with E-state index in [1.165, 1.54) is 17.3 Å². The minimum Gasteiger partial charge on any atom is -0.0864 e. The summed E-state index contributed by atoms with van der Waals surface area (Å²) in [6.45, 7) is 4.55. The maximum Gasteiger partial charge on any atom is -0.000219 e. The van der Waals surface area contributed by atoms with Crippen LogP contribution in [0.5, 0.6) is 0 Å². The molecular weight excluding hydrogens is 199 g/mol. The van der Waals surface area contributed by atoms with Crippen LogP contribution in [0.2, 0.25) is 0 Å². The van der Waals surface area contributed by atoms with Crippen LogP contribution in [0.4, 0.5) is 0 Å². The Hall–Kier alpha value is 0.730. The van der Waals surface area contributed by atoms with Crippen LogP contribution in [0.1, 0.15) is 26.7 Å². The van der Waals surface area contributed by atoms with Crippen molar-refractivity contribution >= 4 is 22.6 Å². The molecule has 0 radical (unpaired) electrons. The predicted molar refractivity (Wildman–Crippen MR) is 43.0 cm³/mol. The molecule has 0 saturated carbocycles. The average molecular weight is 212 g/mol. The van der Waals surface area contributed by atoms with Gasteiger partial charge in [-0.2, -0.15) is 0 Å². The summed E-state index contributed by atoms with van der Waals surface area (Å²) in [5.74, 6) is 0.942. The summed E-state index contributed by atoms with van der Waals surface area (Å²) >= 11 is 2.43. The highest BCUT2D eigenvalue weighted by Crippen LogP contribution is 2.07. The average Bonchev–Trinajstić information content (AvgIpc) is 1.68. The van der Waals surface area contributed by atoms with Gasteiger partial charge in [0.15, 0.2) is 0 Å². The molecule has 0 nitrogen and oxygen atoms in total. The predicted octanol–water partition coefficient (Wildman–Crippen LogP) is 2.86.